The minimum atomic E-state index is -1.69. The number of hydrogen-bond donors (Lipinski definition) is 0. The Balaban J connectivity index is 1.82. The van der Waals surface area contributed by atoms with E-state index < -0.39 is 8.32 Å². The molecular formula is C18H27NO2SSi. The number of nitrogens with zero attached hydrogens (tertiary/aromatic N) is 1. The Labute approximate surface area is 144 Å². The first-order chi connectivity index (χ1) is 10.8. The van der Waals surface area contributed by atoms with Crippen LogP contribution in [-0.2, 0) is 10.8 Å². The molecule has 2 rings (SSSR count). The third-order valence-corrected chi connectivity index (χ3v) is 9.76. The quantitative estimate of drug-likeness (QED) is 0.512. The van der Waals surface area contributed by atoms with Crippen LogP contribution in [0.4, 0.5) is 0 Å². The lowest BCUT2D eigenvalue weighted by molar-refractivity contribution is 0.203. The highest BCUT2D eigenvalue weighted by Crippen LogP contribution is 2.36. The number of thiophene rings is 1. The van der Waals surface area contributed by atoms with Gasteiger partial charge in [0.15, 0.2) is 8.32 Å². The largest absolute Gasteiger partial charge is 0.490 e. The van der Waals surface area contributed by atoms with E-state index in [0.29, 0.717) is 13.2 Å². The van der Waals surface area contributed by atoms with Gasteiger partial charge in [0.05, 0.1) is 12.8 Å². The number of ether oxygens (including phenoxy) is 1. The van der Waals surface area contributed by atoms with Crippen molar-refractivity contribution < 1.29 is 9.16 Å². The minimum Gasteiger partial charge on any atom is -0.490 e. The molecule has 0 atom stereocenters. The molecule has 0 aliphatic rings. The van der Waals surface area contributed by atoms with Gasteiger partial charge in [0, 0.05) is 17.5 Å². The highest BCUT2D eigenvalue weighted by molar-refractivity contribution is 7.09. The van der Waals surface area contributed by atoms with E-state index in [1.54, 1.807) is 17.5 Å². The predicted molar refractivity (Wildman–Crippen MR) is 100 cm³/mol. The molecule has 0 fully saturated rings. The third-order valence-electron chi connectivity index (χ3n) is 4.35. The second-order valence-corrected chi connectivity index (χ2v) is 13.1. The van der Waals surface area contributed by atoms with Crippen LogP contribution >= 0.6 is 11.3 Å². The lowest BCUT2D eigenvalue weighted by Crippen LogP contribution is -2.41. The van der Waals surface area contributed by atoms with Gasteiger partial charge in [-0.2, -0.15) is 0 Å². The number of hydrogen-bond acceptors (Lipinski definition) is 4. The monoisotopic (exact) mass is 349 g/mol. The average molecular weight is 350 g/mol. The first-order valence-corrected chi connectivity index (χ1v) is 11.8. The molecule has 23 heavy (non-hydrogen) atoms. The van der Waals surface area contributed by atoms with Crippen molar-refractivity contribution in [1.82, 2.24) is 4.98 Å². The summed E-state index contributed by atoms with van der Waals surface area (Å²) in [5.74, 6) is 0.817. The summed E-state index contributed by atoms with van der Waals surface area (Å²) in [6.07, 6.45) is 4.57. The van der Waals surface area contributed by atoms with Crippen molar-refractivity contribution in [3.05, 3.63) is 46.4 Å². The summed E-state index contributed by atoms with van der Waals surface area (Å²) in [7, 11) is -1.69. The van der Waals surface area contributed by atoms with Crippen LogP contribution in [0.1, 0.15) is 31.2 Å². The topological polar surface area (TPSA) is 31.4 Å². The fourth-order valence-corrected chi connectivity index (χ4v) is 3.69. The molecule has 2 aromatic rings. The Kier molecular flexibility index (Phi) is 6.00. The van der Waals surface area contributed by atoms with Gasteiger partial charge in [-0.05, 0) is 41.2 Å². The van der Waals surface area contributed by atoms with E-state index in [-0.39, 0.29) is 5.04 Å². The van der Waals surface area contributed by atoms with Crippen LogP contribution in [0.15, 0.2) is 36.0 Å². The maximum absolute atomic E-state index is 6.13. The fraction of sp³-hybridized carbons (Fsp3) is 0.500. The standard InChI is InChI=1S/C18H27NO2SSi/c1-18(2,3)23(4,5)21-9-8-20-16-11-15(13-19-14-16)12-17-7-6-10-22-17/h6-7,10-11,13-14H,8-9,12H2,1-5H3. The molecule has 0 bridgehead atoms. The molecule has 0 aromatic carbocycles. The summed E-state index contributed by atoms with van der Waals surface area (Å²) in [4.78, 5) is 5.62. The normalized spacial score (nSPS) is 12.4. The van der Waals surface area contributed by atoms with Crippen molar-refractivity contribution in [1.29, 1.82) is 0 Å². The second kappa shape index (κ2) is 7.60. The lowest BCUT2D eigenvalue weighted by atomic mass is 10.2. The van der Waals surface area contributed by atoms with Crippen LogP contribution in [0.2, 0.25) is 18.1 Å². The van der Waals surface area contributed by atoms with E-state index in [2.05, 4.69) is 62.4 Å². The average Bonchev–Trinajstić information content (AvgIpc) is 2.96. The molecule has 0 aliphatic carbocycles. The van der Waals surface area contributed by atoms with Gasteiger partial charge in [0.1, 0.15) is 12.4 Å². The highest BCUT2D eigenvalue weighted by atomic mass is 32.1. The molecule has 0 unspecified atom stereocenters. The summed E-state index contributed by atoms with van der Waals surface area (Å²) in [6.45, 7) is 12.5. The smallest absolute Gasteiger partial charge is 0.192 e. The maximum atomic E-state index is 6.13. The molecule has 0 spiro atoms. The molecular weight excluding hydrogens is 322 g/mol. The Bertz CT molecular complexity index is 606. The first kappa shape index (κ1) is 18.2. The molecule has 0 saturated carbocycles. The summed E-state index contributed by atoms with van der Waals surface area (Å²) in [5.41, 5.74) is 1.18. The molecule has 3 nitrogen and oxygen atoms in total. The van der Waals surface area contributed by atoms with Crippen LogP contribution < -0.4 is 4.74 Å². The third kappa shape index (κ3) is 5.44. The minimum absolute atomic E-state index is 0.231. The van der Waals surface area contributed by atoms with Crippen molar-refractivity contribution >= 4 is 19.7 Å². The van der Waals surface area contributed by atoms with Gasteiger partial charge in [0.2, 0.25) is 0 Å². The fourth-order valence-electron chi connectivity index (χ4n) is 1.93. The van der Waals surface area contributed by atoms with Gasteiger partial charge in [-0.15, -0.1) is 11.3 Å². The number of aromatic nitrogens is 1. The summed E-state index contributed by atoms with van der Waals surface area (Å²) < 4.78 is 11.9. The Morgan fingerprint density at radius 3 is 2.61 bits per heavy atom. The van der Waals surface area contributed by atoms with Crippen LogP contribution in [0.3, 0.4) is 0 Å². The van der Waals surface area contributed by atoms with Gasteiger partial charge in [0.25, 0.3) is 0 Å². The number of rotatable bonds is 7. The lowest BCUT2D eigenvalue weighted by Gasteiger charge is -2.36. The Morgan fingerprint density at radius 1 is 1.17 bits per heavy atom. The molecule has 2 heterocycles. The second-order valence-electron chi connectivity index (χ2n) is 7.24. The predicted octanol–water partition coefficient (Wildman–Crippen LogP) is 5.13. The number of pyridine rings is 1. The molecule has 2 aromatic heterocycles. The zero-order chi connectivity index (χ0) is 16.9. The van der Waals surface area contributed by atoms with Gasteiger partial charge in [-0.1, -0.05) is 26.8 Å². The Hall–Kier alpha value is -1.17. The molecule has 0 radical (unpaired) electrons. The van der Waals surface area contributed by atoms with Gasteiger partial charge in [-0.25, -0.2) is 0 Å². The van der Waals surface area contributed by atoms with E-state index in [1.165, 1.54) is 10.4 Å². The van der Waals surface area contributed by atoms with Crippen LogP contribution in [-0.4, -0.2) is 26.5 Å². The highest BCUT2D eigenvalue weighted by Gasteiger charge is 2.36. The van der Waals surface area contributed by atoms with Crippen molar-refractivity contribution in [2.24, 2.45) is 0 Å². The van der Waals surface area contributed by atoms with Gasteiger partial charge in [-0.3, -0.25) is 4.98 Å². The molecule has 126 valence electrons. The van der Waals surface area contributed by atoms with Crippen molar-refractivity contribution in [3.8, 4) is 5.75 Å². The maximum Gasteiger partial charge on any atom is 0.192 e. The zero-order valence-corrected chi connectivity index (χ0v) is 16.6. The van der Waals surface area contributed by atoms with Crippen molar-refractivity contribution in [3.63, 3.8) is 0 Å². The molecule has 0 saturated heterocycles. The molecule has 0 N–H and O–H groups in total. The van der Waals surface area contributed by atoms with E-state index >= 15 is 0 Å². The van der Waals surface area contributed by atoms with E-state index in [0.717, 1.165) is 12.2 Å². The molecule has 0 aliphatic heterocycles. The van der Waals surface area contributed by atoms with Crippen LogP contribution in [0.25, 0.3) is 0 Å². The Morgan fingerprint density at radius 2 is 1.96 bits per heavy atom. The summed E-state index contributed by atoms with van der Waals surface area (Å²) in [6, 6.07) is 6.29. The zero-order valence-electron chi connectivity index (χ0n) is 14.8. The van der Waals surface area contributed by atoms with Gasteiger partial charge < -0.3 is 9.16 Å². The van der Waals surface area contributed by atoms with Crippen LogP contribution in [0.5, 0.6) is 5.75 Å². The van der Waals surface area contributed by atoms with Gasteiger partial charge >= 0.3 is 0 Å². The van der Waals surface area contributed by atoms with E-state index in [4.69, 9.17) is 9.16 Å². The SMILES string of the molecule is CC(C)(C)[Si](C)(C)OCCOc1cncc(Cc2cccs2)c1. The molecule has 0 amide bonds. The van der Waals surface area contributed by atoms with Crippen molar-refractivity contribution in [2.45, 2.75) is 45.3 Å². The van der Waals surface area contributed by atoms with Crippen molar-refractivity contribution in [2.75, 3.05) is 13.2 Å². The summed E-state index contributed by atoms with van der Waals surface area (Å²) >= 11 is 1.77. The van der Waals surface area contributed by atoms with E-state index in [1.807, 2.05) is 6.20 Å². The van der Waals surface area contributed by atoms with Crippen LogP contribution in [0, 0.1) is 0 Å². The summed E-state index contributed by atoms with van der Waals surface area (Å²) in [5, 5.41) is 2.33. The molecule has 5 heteroatoms. The first-order valence-electron chi connectivity index (χ1n) is 8.01. The van der Waals surface area contributed by atoms with E-state index in [9.17, 15) is 0 Å².